The Labute approximate surface area is 157 Å². The standard InChI is InChI=1S/C20H21N3O2S/c24-19(13-26-18-9-4-14-2-1-3-15(14)12-18)22-16-5-7-17(8-6-16)23-11-10-21-20(23)25/h4-9,12H,1-3,10-11,13H2,(H,21,25)(H,22,24). The molecule has 0 aromatic heterocycles. The summed E-state index contributed by atoms with van der Waals surface area (Å²) in [4.78, 5) is 26.7. The molecular weight excluding hydrogens is 346 g/mol. The van der Waals surface area contributed by atoms with Gasteiger partial charge in [0.15, 0.2) is 0 Å². The fraction of sp³-hybridized carbons (Fsp3) is 0.300. The van der Waals surface area contributed by atoms with Crippen molar-refractivity contribution in [2.24, 2.45) is 0 Å². The van der Waals surface area contributed by atoms with E-state index in [1.165, 1.54) is 24.0 Å². The van der Waals surface area contributed by atoms with Crippen molar-refractivity contribution < 1.29 is 9.59 Å². The number of hydrogen-bond donors (Lipinski definition) is 2. The number of anilines is 2. The van der Waals surface area contributed by atoms with Gasteiger partial charge in [0.2, 0.25) is 5.91 Å². The number of aryl methyl sites for hydroxylation is 2. The lowest BCUT2D eigenvalue weighted by molar-refractivity contribution is -0.113. The van der Waals surface area contributed by atoms with Crippen LogP contribution in [0.15, 0.2) is 47.4 Å². The molecule has 4 rings (SSSR count). The van der Waals surface area contributed by atoms with E-state index in [2.05, 4.69) is 28.8 Å². The molecule has 2 aromatic carbocycles. The molecule has 26 heavy (non-hydrogen) atoms. The molecule has 0 saturated carbocycles. The van der Waals surface area contributed by atoms with Gasteiger partial charge in [-0.3, -0.25) is 9.69 Å². The van der Waals surface area contributed by atoms with E-state index in [9.17, 15) is 9.59 Å². The first kappa shape index (κ1) is 17.0. The van der Waals surface area contributed by atoms with Crippen LogP contribution in [0.2, 0.25) is 0 Å². The van der Waals surface area contributed by atoms with Gasteiger partial charge in [0.25, 0.3) is 0 Å². The Balaban J connectivity index is 1.31. The van der Waals surface area contributed by atoms with Gasteiger partial charge in [-0.2, -0.15) is 0 Å². The predicted octanol–water partition coefficient (Wildman–Crippen LogP) is 3.44. The Hall–Kier alpha value is -2.47. The van der Waals surface area contributed by atoms with Gasteiger partial charge in [0.1, 0.15) is 0 Å². The molecule has 1 fully saturated rings. The number of hydrogen-bond acceptors (Lipinski definition) is 3. The fourth-order valence-electron chi connectivity index (χ4n) is 3.43. The van der Waals surface area contributed by atoms with Gasteiger partial charge in [0, 0.05) is 29.4 Å². The number of thioether (sulfide) groups is 1. The number of amides is 3. The Kier molecular flexibility index (Phi) is 4.84. The third-order valence-electron chi connectivity index (χ3n) is 4.76. The van der Waals surface area contributed by atoms with Gasteiger partial charge >= 0.3 is 6.03 Å². The largest absolute Gasteiger partial charge is 0.336 e. The molecule has 1 saturated heterocycles. The Morgan fingerprint density at radius 1 is 1.12 bits per heavy atom. The smallest absolute Gasteiger partial charge is 0.321 e. The average molecular weight is 367 g/mol. The van der Waals surface area contributed by atoms with Crippen molar-refractivity contribution in [1.82, 2.24) is 5.32 Å². The topological polar surface area (TPSA) is 61.4 Å². The molecule has 6 heteroatoms. The van der Waals surface area contributed by atoms with Crippen LogP contribution in [0.25, 0.3) is 0 Å². The highest BCUT2D eigenvalue weighted by atomic mass is 32.2. The second kappa shape index (κ2) is 7.41. The zero-order chi connectivity index (χ0) is 17.9. The second-order valence-corrected chi connectivity index (χ2v) is 7.60. The maximum absolute atomic E-state index is 12.2. The highest BCUT2D eigenvalue weighted by molar-refractivity contribution is 8.00. The van der Waals surface area contributed by atoms with Crippen LogP contribution in [0.1, 0.15) is 17.5 Å². The van der Waals surface area contributed by atoms with Crippen molar-refractivity contribution in [2.75, 3.05) is 29.1 Å². The van der Waals surface area contributed by atoms with Gasteiger partial charge in [-0.25, -0.2) is 4.79 Å². The zero-order valence-corrected chi connectivity index (χ0v) is 15.3. The third-order valence-corrected chi connectivity index (χ3v) is 5.75. The lowest BCUT2D eigenvalue weighted by Crippen LogP contribution is -2.27. The molecule has 0 atom stereocenters. The summed E-state index contributed by atoms with van der Waals surface area (Å²) >= 11 is 1.56. The van der Waals surface area contributed by atoms with Crippen LogP contribution in [0.3, 0.4) is 0 Å². The maximum Gasteiger partial charge on any atom is 0.321 e. The van der Waals surface area contributed by atoms with Crippen molar-refractivity contribution in [2.45, 2.75) is 24.2 Å². The van der Waals surface area contributed by atoms with Crippen LogP contribution < -0.4 is 15.5 Å². The van der Waals surface area contributed by atoms with Gasteiger partial charge in [-0.1, -0.05) is 6.07 Å². The SMILES string of the molecule is O=C(CSc1ccc2c(c1)CCC2)Nc1ccc(N2CCNC2=O)cc1. The van der Waals surface area contributed by atoms with Crippen molar-refractivity contribution in [3.8, 4) is 0 Å². The van der Waals surface area contributed by atoms with E-state index >= 15 is 0 Å². The first-order valence-electron chi connectivity index (χ1n) is 8.89. The molecule has 1 heterocycles. The first-order chi connectivity index (χ1) is 12.7. The summed E-state index contributed by atoms with van der Waals surface area (Å²) in [5, 5.41) is 5.69. The molecular formula is C20H21N3O2S. The quantitative estimate of drug-likeness (QED) is 0.796. The molecule has 1 aliphatic heterocycles. The predicted molar refractivity (Wildman–Crippen MR) is 105 cm³/mol. The number of fused-ring (bicyclic) bond motifs is 1. The number of carbonyl (C=O) groups is 2. The number of urea groups is 1. The lowest BCUT2D eigenvalue weighted by Gasteiger charge is -2.14. The van der Waals surface area contributed by atoms with Crippen LogP contribution in [0.5, 0.6) is 0 Å². The number of nitrogens with one attached hydrogen (secondary N) is 2. The van der Waals surface area contributed by atoms with Crippen LogP contribution in [-0.2, 0) is 17.6 Å². The summed E-state index contributed by atoms with van der Waals surface area (Å²) in [6, 6.07) is 13.8. The number of carbonyl (C=O) groups excluding carboxylic acids is 2. The minimum atomic E-state index is -0.0764. The molecule has 2 aliphatic rings. The summed E-state index contributed by atoms with van der Waals surface area (Å²) < 4.78 is 0. The zero-order valence-electron chi connectivity index (χ0n) is 14.5. The highest BCUT2D eigenvalue weighted by Gasteiger charge is 2.20. The first-order valence-corrected chi connectivity index (χ1v) is 9.87. The van der Waals surface area contributed by atoms with Crippen molar-refractivity contribution >= 4 is 35.1 Å². The Morgan fingerprint density at radius 3 is 2.69 bits per heavy atom. The van der Waals surface area contributed by atoms with E-state index in [0.717, 1.165) is 22.7 Å². The summed E-state index contributed by atoms with van der Waals surface area (Å²) in [6.07, 6.45) is 3.56. The van der Waals surface area contributed by atoms with Gasteiger partial charge in [-0.05, 0) is 66.8 Å². The minimum absolute atomic E-state index is 0.0258. The second-order valence-electron chi connectivity index (χ2n) is 6.55. The molecule has 134 valence electrons. The summed E-state index contributed by atoms with van der Waals surface area (Å²) in [5.74, 6) is 0.358. The van der Waals surface area contributed by atoms with E-state index in [4.69, 9.17) is 0 Å². The van der Waals surface area contributed by atoms with Gasteiger partial charge in [-0.15, -0.1) is 11.8 Å². The Bertz CT molecular complexity index is 835. The van der Waals surface area contributed by atoms with Crippen LogP contribution in [0.4, 0.5) is 16.2 Å². The van der Waals surface area contributed by atoms with Gasteiger partial charge < -0.3 is 10.6 Å². The maximum atomic E-state index is 12.2. The number of nitrogens with zero attached hydrogens (tertiary/aromatic N) is 1. The minimum Gasteiger partial charge on any atom is -0.336 e. The van der Waals surface area contributed by atoms with E-state index < -0.39 is 0 Å². The highest BCUT2D eigenvalue weighted by Crippen LogP contribution is 2.27. The third kappa shape index (κ3) is 3.70. The Morgan fingerprint density at radius 2 is 1.92 bits per heavy atom. The summed E-state index contributed by atoms with van der Waals surface area (Å²) in [7, 11) is 0. The molecule has 2 N–H and O–H groups in total. The van der Waals surface area contributed by atoms with E-state index in [-0.39, 0.29) is 11.9 Å². The molecule has 0 unspecified atom stereocenters. The van der Waals surface area contributed by atoms with Crippen molar-refractivity contribution in [3.63, 3.8) is 0 Å². The van der Waals surface area contributed by atoms with E-state index in [1.807, 2.05) is 24.3 Å². The van der Waals surface area contributed by atoms with E-state index in [0.29, 0.717) is 18.8 Å². The van der Waals surface area contributed by atoms with Crippen molar-refractivity contribution in [1.29, 1.82) is 0 Å². The number of benzene rings is 2. The molecule has 5 nitrogen and oxygen atoms in total. The van der Waals surface area contributed by atoms with E-state index in [1.54, 1.807) is 16.7 Å². The number of rotatable bonds is 5. The fourth-order valence-corrected chi connectivity index (χ4v) is 4.19. The van der Waals surface area contributed by atoms with Gasteiger partial charge in [0.05, 0.1) is 5.75 Å². The van der Waals surface area contributed by atoms with Crippen LogP contribution >= 0.6 is 11.8 Å². The lowest BCUT2D eigenvalue weighted by atomic mass is 10.1. The molecule has 3 amide bonds. The molecule has 0 radical (unpaired) electrons. The summed E-state index contributed by atoms with van der Waals surface area (Å²) in [5.41, 5.74) is 4.46. The van der Waals surface area contributed by atoms with Crippen LogP contribution in [0, 0.1) is 0 Å². The molecule has 1 aliphatic carbocycles. The van der Waals surface area contributed by atoms with Crippen molar-refractivity contribution in [3.05, 3.63) is 53.6 Å². The average Bonchev–Trinajstić information content (AvgIpc) is 3.29. The molecule has 2 aromatic rings. The van der Waals surface area contributed by atoms with Crippen LogP contribution in [-0.4, -0.2) is 30.8 Å². The molecule has 0 spiro atoms. The summed E-state index contributed by atoms with van der Waals surface area (Å²) in [6.45, 7) is 1.33. The normalized spacial score (nSPS) is 15.7. The monoisotopic (exact) mass is 367 g/mol. The molecule has 0 bridgehead atoms.